The maximum atomic E-state index is 11.3. The SMILES string of the molecule is CC(C)CC(C)(COc1ncc(B2OC(C)(C)C(C)(C)O2)cc1C#N)OC(N)=O. The third kappa shape index (κ3) is 5.40. The Morgan fingerprint density at radius 2 is 1.93 bits per heavy atom. The zero-order chi connectivity index (χ0) is 22.0. The molecule has 1 atom stereocenters. The van der Waals surface area contributed by atoms with Gasteiger partial charge in [-0.1, -0.05) is 13.8 Å². The summed E-state index contributed by atoms with van der Waals surface area (Å²) >= 11 is 0. The summed E-state index contributed by atoms with van der Waals surface area (Å²) in [6.07, 6.45) is 1.23. The number of nitrogens with two attached hydrogens (primary N) is 1. The van der Waals surface area contributed by atoms with Gasteiger partial charge in [0.15, 0.2) is 0 Å². The van der Waals surface area contributed by atoms with E-state index < -0.39 is 30.0 Å². The van der Waals surface area contributed by atoms with Crippen LogP contribution in [0.15, 0.2) is 12.3 Å². The number of carbonyl (C=O) groups is 1. The number of rotatable bonds is 7. The van der Waals surface area contributed by atoms with E-state index >= 15 is 0 Å². The smallest absolute Gasteiger partial charge is 0.472 e. The number of primary amides is 1. The van der Waals surface area contributed by atoms with Crippen molar-refractivity contribution in [3.05, 3.63) is 17.8 Å². The molecule has 0 aliphatic carbocycles. The summed E-state index contributed by atoms with van der Waals surface area (Å²) in [5.74, 6) is 0.396. The van der Waals surface area contributed by atoms with Crippen molar-refractivity contribution >= 4 is 18.7 Å². The second-order valence-corrected chi connectivity index (χ2v) is 9.08. The van der Waals surface area contributed by atoms with Crippen molar-refractivity contribution in [2.45, 2.75) is 71.7 Å². The molecule has 29 heavy (non-hydrogen) atoms. The Morgan fingerprint density at radius 1 is 1.34 bits per heavy atom. The van der Waals surface area contributed by atoms with Gasteiger partial charge >= 0.3 is 13.2 Å². The fourth-order valence-corrected chi connectivity index (χ4v) is 3.23. The zero-order valence-corrected chi connectivity index (χ0v) is 18.2. The number of aromatic nitrogens is 1. The molecular formula is C20H30BN3O5. The molecule has 1 unspecified atom stereocenters. The average Bonchev–Trinajstić information content (AvgIpc) is 2.79. The molecule has 1 saturated heterocycles. The lowest BCUT2D eigenvalue weighted by Crippen LogP contribution is -2.41. The second-order valence-electron chi connectivity index (χ2n) is 9.08. The molecule has 1 aromatic rings. The summed E-state index contributed by atoms with van der Waals surface area (Å²) in [5, 5.41) is 9.55. The van der Waals surface area contributed by atoms with Crippen LogP contribution in [0.2, 0.25) is 0 Å². The molecule has 0 spiro atoms. The lowest BCUT2D eigenvalue weighted by molar-refractivity contribution is -0.0197. The van der Waals surface area contributed by atoms with Gasteiger partial charge in [-0.3, -0.25) is 0 Å². The molecule has 9 heteroatoms. The fourth-order valence-electron chi connectivity index (χ4n) is 3.23. The van der Waals surface area contributed by atoms with Crippen LogP contribution in [-0.2, 0) is 14.0 Å². The van der Waals surface area contributed by atoms with Crippen molar-refractivity contribution in [3.63, 3.8) is 0 Å². The summed E-state index contributed by atoms with van der Waals surface area (Å²) in [5.41, 5.74) is 4.15. The van der Waals surface area contributed by atoms with E-state index in [-0.39, 0.29) is 24.0 Å². The van der Waals surface area contributed by atoms with Crippen LogP contribution in [0.3, 0.4) is 0 Å². The molecule has 1 aromatic heterocycles. The maximum absolute atomic E-state index is 11.3. The van der Waals surface area contributed by atoms with Crippen molar-refractivity contribution in [3.8, 4) is 11.9 Å². The van der Waals surface area contributed by atoms with Gasteiger partial charge in [0, 0.05) is 11.7 Å². The Labute approximate surface area is 172 Å². The number of amides is 1. The molecule has 2 rings (SSSR count). The third-order valence-electron chi connectivity index (χ3n) is 5.22. The summed E-state index contributed by atoms with van der Waals surface area (Å²) in [6, 6.07) is 3.73. The molecule has 8 nitrogen and oxygen atoms in total. The maximum Gasteiger partial charge on any atom is 0.496 e. The highest BCUT2D eigenvalue weighted by Crippen LogP contribution is 2.36. The molecule has 158 valence electrons. The number of hydrogen-bond acceptors (Lipinski definition) is 7. The third-order valence-corrected chi connectivity index (χ3v) is 5.22. The first-order valence-corrected chi connectivity index (χ1v) is 9.65. The quantitative estimate of drug-likeness (QED) is 0.696. The Kier molecular flexibility index (Phi) is 6.50. The molecular weight excluding hydrogens is 373 g/mol. The Morgan fingerprint density at radius 3 is 2.41 bits per heavy atom. The van der Waals surface area contributed by atoms with Crippen LogP contribution in [0, 0.1) is 17.2 Å². The predicted molar refractivity (Wildman–Crippen MR) is 109 cm³/mol. The van der Waals surface area contributed by atoms with E-state index in [0.717, 1.165) is 0 Å². The van der Waals surface area contributed by atoms with E-state index in [2.05, 4.69) is 11.1 Å². The highest BCUT2D eigenvalue weighted by molar-refractivity contribution is 6.62. The normalized spacial score (nSPS) is 19.5. The molecule has 2 N–H and O–H groups in total. The number of carbonyl (C=O) groups excluding carboxylic acids is 1. The molecule has 1 aliphatic rings. The van der Waals surface area contributed by atoms with Crippen LogP contribution >= 0.6 is 0 Å². The van der Waals surface area contributed by atoms with E-state index in [0.29, 0.717) is 11.9 Å². The summed E-state index contributed by atoms with van der Waals surface area (Å²) < 4.78 is 23.0. The monoisotopic (exact) mass is 403 g/mol. The molecule has 1 fully saturated rings. The van der Waals surface area contributed by atoms with E-state index in [1.165, 1.54) is 0 Å². The van der Waals surface area contributed by atoms with Gasteiger partial charge in [0.05, 0.1) is 11.2 Å². The average molecular weight is 403 g/mol. The van der Waals surface area contributed by atoms with Gasteiger partial charge in [-0.15, -0.1) is 0 Å². The van der Waals surface area contributed by atoms with Gasteiger partial charge in [-0.05, 0) is 53.0 Å². The molecule has 1 amide bonds. The van der Waals surface area contributed by atoms with Crippen molar-refractivity contribution in [1.29, 1.82) is 5.26 Å². The van der Waals surface area contributed by atoms with Gasteiger partial charge in [-0.25, -0.2) is 9.78 Å². The van der Waals surface area contributed by atoms with Crippen LogP contribution in [0.5, 0.6) is 5.88 Å². The number of hydrogen-bond donors (Lipinski definition) is 1. The summed E-state index contributed by atoms with van der Waals surface area (Å²) in [4.78, 5) is 15.6. The van der Waals surface area contributed by atoms with Crippen molar-refractivity contribution < 1.29 is 23.6 Å². The van der Waals surface area contributed by atoms with Crippen LogP contribution in [-0.4, -0.2) is 41.6 Å². The molecule has 2 heterocycles. The lowest BCUT2D eigenvalue weighted by Gasteiger charge is -2.32. The van der Waals surface area contributed by atoms with Crippen LogP contribution in [0.25, 0.3) is 0 Å². The first-order chi connectivity index (χ1) is 13.3. The minimum atomic E-state index is -0.932. The number of nitriles is 1. The lowest BCUT2D eigenvalue weighted by atomic mass is 9.80. The van der Waals surface area contributed by atoms with Crippen molar-refractivity contribution in [1.82, 2.24) is 4.98 Å². The number of pyridine rings is 1. The fraction of sp³-hybridized carbons (Fsp3) is 0.650. The number of ether oxygens (including phenoxy) is 2. The minimum absolute atomic E-state index is 0.0195. The summed E-state index contributed by atoms with van der Waals surface area (Å²) in [6.45, 7) is 13.6. The number of nitrogens with zero attached hydrogens (tertiary/aromatic N) is 2. The van der Waals surface area contributed by atoms with E-state index in [1.54, 1.807) is 19.2 Å². The second kappa shape index (κ2) is 8.21. The van der Waals surface area contributed by atoms with Gasteiger partial charge in [0.1, 0.15) is 23.8 Å². The predicted octanol–water partition coefficient (Wildman–Crippen LogP) is 2.53. The molecule has 0 aromatic carbocycles. The molecule has 0 bridgehead atoms. The van der Waals surface area contributed by atoms with E-state index in [4.69, 9.17) is 24.5 Å². The highest BCUT2D eigenvalue weighted by atomic mass is 16.7. The first-order valence-electron chi connectivity index (χ1n) is 9.65. The van der Waals surface area contributed by atoms with Gasteiger partial charge < -0.3 is 24.5 Å². The molecule has 1 aliphatic heterocycles. The Bertz CT molecular complexity index is 790. The minimum Gasteiger partial charge on any atom is -0.472 e. The Balaban J connectivity index is 2.19. The first kappa shape index (κ1) is 23.0. The van der Waals surface area contributed by atoms with Gasteiger partial charge in [0.2, 0.25) is 5.88 Å². The Hall–Kier alpha value is -2.31. The largest absolute Gasteiger partial charge is 0.496 e. The molecule has 0 radical (unpaired) electrons. The molecule has 0 saturated carbocycles. The van der Waals surface area contributed by atoms with Crippen LogP contribution in [0.4, 0.5) is 4.79 Å². The van der Waals surface area contributed by atoms with E-state index in [9.17, 15) is 10.1 Å². The van der Waals surface area contributed by atoms with Crippen LogP contribution in [0.1, 0.15) is 60.5 Å². The van der Waals surface area contributed by atoms with Crippen molar-refractivity contribution in [2.24, 2.45) is 11.7 Å². The topological polar surface area (TPSA) is 117 Å². The summed E-state index contributed by atoms with van der Waals surface area (Å²) in [7, 11) is -0.627. The van der Waals surface area contributed by atoms with E-state index in [1.807, 2.05) is 41.5 Å². The highest BCUT2D eigenvalue weighted by Gasteiger charge is 2.52. The van der Waals surface area contributed by atoms with Crippen LogP contribution < -0.4 is 15.9 Å². The zero-order valence-electron chi connectivity index (χ0n) is 18.2. The van der Waals surface area contributed by atoms with Gasteiger partial charge in [0.25, 0.3) is 0 Å². The van der Waals surface area contributed by atoms with Gasteiger partial charge in [-0.2, -0.15) is 5.26 Å². The van der Waals surface area contributed by atoms with Crippen molar-refractivity contribution in [2.75, 3.05) is 6.61 Å². The standard InChI is InChI=1S/C20H30BN3O5/c1-13(2)9-20(7,27-17(23)25)12-26-16-14(10-22)8-15(11-24-16)21-28-18(3,4)19(5,6)29-21/h8,11,13H,9,12H2,1-7H3,(H2,23,25).